The Balaban J connectivity index is 3.36. The molecule has 0 bridgehead atoms. The summed E-state index contributed by atoms with van der Waals surface area (Å²) in [5.74, 6) is 0. The third kappa shape index (κ3) is 14.2. The SMILES string of the molecule is CCCCCCCCCCCCCCCC(=O)P(=O)(O)OCCN. The Kier molecular flexibility index (Phi) is 16.1. The molecule has 0 amide bonds. The molecule has 0 aromatic heterocycles. The van der Waals surface area contributed by atoms with Gasteiger partial charge >= 0.3 is 7.60 Å². The van der Waals surface area contributed by atoms with E-state index in [0.29, 0.717) is 6.42 Å². The summed E-state index contributed by atoms with van der Waals surface area (Å²) in [6, 6.07) is 0. The number of hydrogen-bond acceptors (Lipinski definition) is 4. The van der Waals surface area contributed by atoms with Crippen molar-refractivity contribution in [3.63, 3.8) is 0 Å². The van der Waals surface area contributed by atoms with E-state index >= 15 is 0 Å². The molecule has 5 nitrogen and oxygen atoms in total. The summed E-state index contributed by atoms with van der Waals surface area (Å²) in [5, 5.41) is 0. The molecular formula is C18H38NO4P. The van der Waals surface area contributed by atoms with Crippen molar-refractivity contribution in [3.05, 3.63) is 0 Å². The highest BCUT2D eigenvalue weighted by molar-refractivity contribution is 7.70. The third-order valence-corrected chi connectivity index (χ3v) is 5.58. The van der Waals surface area contributed by atoms with Gasteiger partial charge in [-0.05, 0) is 6.42 Å². The molecule has 0 fully saturated rings. The summed E-state index contributed by atoms with van der Waals surface area (Å²) in [6.45, 7) is 2.32. The van der Waals surface area contributed by atoms with Gasteiger partial charge < -0.3 is 15.2 Å². The van der Waals surface area contributed by atoms with Gasteiger partial charge in [-0.2, -0.15) is 0 Å². The Bertz CT molecular complexity index is 350. The van der Waals surface area contributed by atoms with Gasteiger partial charge in [-0.25, -0.2) is 0 Å². The molecule has 24 heavy (non-hydrogen) atoms. The Morgan fingerprint density at radius 2 is 1.29 bits per heavy atom. The first-order valence-electron chi connectivity index (χ1n) is 9.75. The average molecular weight is 363 g/mol. The van der Waals surface area contributed by atoms with Crippen molar-refractivity contribution in [1.29, 1.82) is 0 Å². The minimum atomic E-state index is -4.10. The minimum Gasteiger partial charge on any atom is -0.328 e. The molecule has 6 heteroatoms. The maximum Gasteiger partial charge on any atom is 0.394 e. The number of rotatable bonds is 18. The molecule has 0 spiro atoms. The van der Waals surface area contributed by atoms with Crippen molar-refractivity contribution in [2.45, 2.75) is 96.8 Å². The van der Waals surface area contributed by atoms with Crippen LogP contribution in [-0.2, 0) is 13.9 Å². The molecule has 1 atom stereocenters. The van der Waals surface area contributed by atoms with Crippen molar-refractivity contribution >= 4 is 13.1 Å². The molecule has 0 aliphatic heterocycles. The molecule has 144 valence electrons. The first kappa shape index (κ1) is 23.8. The zero-order chi connectivity index (χ0) is 18.1. The van der Waals surface area contributed by atoms with Crippen LogP contribution in [0.15, 0.2) is 0 Å². The minimum absolute atomic E-state index is 0.0574. The van der Waals surface area contributed by atoms with Gasteiger partial charge in [-0.3, -0.25) is 9.36 Å². The molecule has 0 rings (SSSR count). The zero-order valence-corrected chi connectivity index (χ0v) is 16.4. The van der Waals surface area contributed by atoms with Crippen LogP contribution >= 0.6 is 7.60 Å². The highest BCUT2D eigenvalue weighted by Crippen LogP contribution is 2.44. The summed E-state index contributed by atoms with van der Waals surface area (Å²) in [6.07, 6.45) is 16.0. The van der Waals surface area contributed by atoms with E-state index in [1.807, 2.05) is 0 Å². The number of nitrogens with two attached hydrogens (primary N) is 1. The van der Waals surface area contributed by atoms with Gasteiger partial charge in [0.15, 0.2) is 0 Å². The van der Waals surface area contributed by atoms with E-state index in [9.17, 15) is 14.3 Å². The largest absolute Gasteiger partial charge is 0.394 e. The molecular weight excluding hydrogens is 325 g/mol. The number of hydrogen-bond donors (Lipinski definition) is 2. The van der Waals surface area contributed by atoms with Gasteiger partial charge in [0.2, 0.25) is 5.52 Å². The molecule has 0 saturated carbocycles. The topological polar surface area (TPSA) is 89.6 Å². The quantitative estimate of drug-likeness (QED) is 0.259. The number of carbonyl (C=O) groups excluding carboxylic acids is 1. The molecule has 0 heterocycles. The van der Waals surface area contributed by atoms with Crippen LogP contribution in [0, 0.1) is 0 Å². The first-order chi connectivity index (χ1) is 11.5. The van der Waals surface area contributed by atoms with Gasteiger partial charge in [0.05, 0.1) is 6.61 Å². The second-order valence-electron chi connectivity index (χ2n) is 6.53. The van der Waals surface area contributed by atoms with Gasteiger partial charge in [0.25, 0.3) is 0 Å². The number of unbranched alkanes of at least 4 members (excludes halogenated alkanes) is 12. The van der Waals surface area contributed by atoms with Crippen molar-refractivity contribution < 1.29 is 18.8 Å². The molecule has 3 N–H and O–H groups in total. The third-order valence-electron chi connectivity index (χ3n) is 4.19. The Labute approximate surface area is 148 Å². The monoisotopic (exact) mass is 363 g/mol. The number of carbonyl (C=O) groups is 1. The molecule has 0 saturated heterocycles. The van der Waals surface area contributed by atoms with Gasteiger partial charge in [-0.15, -0.1) is 0 Å². The van der Waals surface area contributed by atoms with Gasteiger partial charge in [0.1, 0.15) is 0 Å². The fourth-order valence-corrected chi connectivity index (χ4v) is 3.62. The average Bonchev–Trinajstić information content (AvgIpc) is 2.57. The van der Waals surface area contributed by atoms with Crippen LogP contribution in [0.25, 0.3) is 0 Å². The predicted molar refractivity (Wildman–Crippen MR) is 100 cm³/mol. The Hall–Kier alpha value is -0.220. The fourth-order valence-electron chi connectivity index (χ4n) is 2.68. The van der Waals surface area contributed by atoms with E-state index in [0.717, 1.165) is 12.8 Å². The van der Waals surface area contributed by atoms with Gasteiger partial charge in [-0.1, -0.05) is 84.0 Å². The predicted octanol–water partition coefficient (Wildman–Crippen LogP) is 5.16. The van der Waals surface area contributed by atoms with Crippen molar-refractivity contribution in [2.75, 3.05) is 13.2 Å². The molecule has 1 unspecified atom stereocenters. The molecule has 0 aromatic carbocycles. The second-order valence-corrected chi connectivity index (χ2v) is 8.33. The second kappa shape index (κ2) is 16.3. The molecule has 0 aromatic rings. The van der Waals surface area contributed by atoms with Gasteiger partial charge in [0, 0.05) is 13.0 Å². The van der Waals surface area contributed by atoms with Crippen LogP contribution in [0.2, 0.25) is 0 Å². The lowest BCUT2D eigenvalue weighted by atomic mass is 10.0. The van der Waals surface area contributed by atoms with E-state index in [2.05, 4.69) is 11.4 Å². The van der Waals surface area contributed by atoms with Crippen LogP contribution in [0.1, 0.15) is 96.8 Å². The van der Waals surface area contributed by atoms with E-state index in [1.165, 1.54) is 64.2 Å². The first-order valence-corrected chi connectivity index (χ1v) is 11.3. The standard InChI is InChI=1S/C18H38NO4P/c1-2-3-4-5-6-7-8-9-10-11-12-13-14-15-18(20)24(21,22)23-17-16-19/h2-17,19H2,1H3,(H,21,22). The fraction of sp³-hybridized carbons (Fsp3) is 0.944. The van der Waals surface area contributed by atoms with Crippen LogP contribution in [0.4, 0.5) is 0 Å². The van der Waals surface area contributed by atoms with Crippen LogP contribution in [0.3, 0.4) is 0 Å². The maximum absolute atomic E-state index is 11.6. The van der Waals surface area contributed by atoms with E-state index in [1.54, 1.807) is 0 Å². The Morgan fingerprint density at radius 3 is 1.71 bits per heavy atom. The normalized spacial score (nSPS) is 13.8. The Morgan fingerprint density at radius 1 is 0.875 bits per heavy atom. The van der Waals surface area contributed by atoms with E-state index in [4.69, 9.17) is 5.73 Å². The van der Waals surface area contributed by atoms with Crippen molar-refractivity contribution in [3.8, 4) is 0 Å². The van der Waals surface area contributed by atoms with E-state index < -0.39 is 13.1 Å². The zero-order valence-electron chi connectivity index (χ0n) is 15.5. The van der Waals surface area contributed by atoms with E-state index in [-0.39, 0.29) is 19.6 Å². The maximum atomic E-state index is 11.6. The summed E-state index contributed by atoms with van der Waals surface area (Å²) in [4.78, 5) is 21.0. The van der Waals surface area contributed by atoms with Crippen molar-refractivity contribution in [1.82, 2.24) is 0 Å². The highest BCUT2D eigenvalue weighted by Gasteiger charge is 2.29. The summed E-state index contributed by atoms with van der Waals surface area (Å²) in [7, 11) is -4.10. The highest BCUT2D eigenvalue weighted by atomic mass is 31.2. The summed E-state index contributed by atoms with van der Waals surface area (Å²) >= 11 is 0. The lowest BCUT2D eigenvalue weighted by Crippen LogP contribution is -2.10. The molecule has 0 aliphatic carbocycles. The van der Waals surface area contributed by atoms with Crippen LogP contribution < -0.4 is 5.73 Å². The van der Waals surface area contributed by atoms with Crippen LogP contribution in [0.5, 0.6) is 0 Å². The summed E-state index contributed by atoms with van der Waals surface area (Å²) in [5.41, 5.74) is 4.51. The molecule has 0 aliphatic rings. The lowest BCUT2D eigenvalue weighted by Gasteiger charge is -2.09. The van der Waals surface area contributed by atoms with Crippen molar-refractivity contribution in [2.24, 2.45) is 5.73 Å². The van der Waals surface area contributed by atoms with Crippen LogP contribution in [-0.4, -0.2) is 23.6 Å². The summed E-state index contributed by atoms with van der Waals surface area (Å²) < 4.78 is 16.2. The molecule has 0 radical (unpaired) electrons. The lowest BCUT2D eigenvalue weighted by molar-refractivity contribution is -0.113. The smallest absolute Gasteiger partial charge is 0.328 e.